The lowest BCUT2D eigenvalue weighted by Crippen LogP contribution is -2.24. The van der Waals surface area contributed by atoms with Gasteiger partial charge in [-0.05, 0) is 37.7 Å². The molecule has 4 heteroatoms. The number of aromatic nitrogens is 1. The van der Waals surface area contributed by atoms with E-state index in [1.54, 1.807) is 11.3 Å². The van der Waals surface area contributed by atoms with Crippen LogP contribution in [-0.4, -0.2) is 22.5 Å². The molecule has 16 heavy (non-hydrogen) atoms. The second-order valence-electron chi connectivity index (χ2n) is 4.31. The molecule has 0 amide bonds. The van der Waals surface area contributed by atoms with Gasteiger partial charge in [0, 0.05) is 17.1 Å². The first-order chi connectivity index (χ1) is 7.79. The van der Waals surface area contributed by atoms with Crippen LogP contribution in [0, 0.1) is 6.92 Å². The summed E-state index contributed by atoms with van der Waals surface area (Å²) in [5.41, 5.74) is 1.16. The first-order valence-corrected chi connectivity index (χ1v) is 8.09. The van der Waals surface area contributed by atoms with Crippen molar-refractivity contribution in [1.29, 1.82) is 0 Å². The van der Waals surface area contributed by atoms with Gasteiger partial charge in [-0.25, -0.2) is 4.98 Å². The van der Waals surface area contributed by atoms with Crippen LogP contribution in [0.5, 0.6) is 0 Å². The molecule has 0 radical (unpaired) electrons. The molecule has 1 aromatic heterocycles. The van der Waals surface area contributed by atoms with Gasteiger partial charge in [-0.2, -0.15) is 11.8 Å². The van der Waals surface area contributed by atoms with Crippen molar-refractivity contribution in [3.05, 3.63) is 16.1 Å². The van der Waals surface area contributed by atoms with Crippen LogP contribution >= 0.6 is 23.1 Å². The molecule has 0 spiro atoms. The standard InChI is InChI=1S/C12H20N2S2/c1-3-15-7-6-11(14-10-4-5-10)12-13-9(2)8-16-12/h8,10-11,14H,3-7H2,1-2H3. The number of thioether (sulfide) groups is 1. The van der Waals surface area contributed by atoms with Crippen LogP contribution in [0.2, 0.25) is 0 Å². The van der Waals surface area contributed by atoms with Crippen LogP contribution in [0.25, 0.3) is 0 Å². The fourth-order valence-electron chi connectivity index (χ4n) is 1.69. The van der Waals surface area contributed by atoms with E-state index in [2.05, 4.69) is 29.5 Å². The normalized spacial score (nSPS) is 17.6. The summed E-state index contributed by atoms with van der Waals surface area (Å²) in [7, 11) is 0. The van der Waals surface area contributed by atoms with Crippen LogP contribution in [0.1, 0.15) is 42.9 Å². The van der Waals surface area contributed by atoms with Crippen molar-refractivity contribution >= 4 is 23.1 Å². The molecule has 0 saturated heterocycles. The zero-order valence-corrected chi connectivity index (χ0v) is 11.7. The molecule has 1 unspecified atom stereocenters. The van der Waals surface area contributed by atoms with E-state index >= 15 is 0 Å². The van der Waals surface area contributed by atoms with Gasteiger partial charge in [0.25, 0.3) is 0 Å². The Labute approximate surface area is 106 Å². The van der Waals surface area contributed by atoms with Crippen LogP contribution in [0.3, 0.4) is 0 Å². The molecule has 2 rings (SSSR count). The van der Waals surface area contributed by atoms with Gasteiger partial charge in [-0.15, -0.1) is 11.3 Å². The Morgan fingerprint density at radius 2 is 2.44 bits per heavy atom. The highest BCUT2D eigenvalue weighted by Gasteiger charge is 2.26. The highest BCUT2D eigenvalue weighted by Crippen LogP contribution is 2.28. The molecule has 1 aliphatic carbocycles. The molecule has 1 saturated carbocycles. The quantitative estimate of drug-likeness (QED) is 0.757. The Kier molecular flexibility index (Phi) is 4.67. The average Bonchev–Trinajstić information content (AvgIpc) is 2.98. The van der Waals surface area contributed by atoms with Gasteiger partial charge in [0.15, 0.2) is 0 Å². The molecular weight excluding hydrogens is 236 g/mol. The van der Waals surface area contributed by atoms with Gasteiger partial charge in [0.05, 0.1) is 6.04 Å². The smallest absolute Gasteiger partial charge is 0.110 e. The molecule has 1 aromatic rings. The summed E-state index contributed by atoms with van der Waals surface area (Å²) < 4.78 is 0. The maximum Gasteiger partial charge on any atom is 0.110 e. The van der Waals surface area contributed by atoms with Gasteiger partial charge in [-0.3, -0.25) is 0 Å². The van der Waals surface area contributed by atoms with Crippen molar-refractivity contribution < 1.29 is 0 Å². The van der Waals surface area contributed by atoms with Crippen molar-refractivity contribution in [1.82, 2.24) is 10.3 Å². The maximum absolute atomic E-state index is 4.62. The van der Waals surface area contributed by atoms with Crippen LogP contribution in [0.15, 0.2) is 5.38 Å². The number of hydrogen-bond donors (Lipinski definition) is 1. The number of nitrogens with one attached hydrogen (secondary N) is 1. The maximum atomic E-state index is 4.62. The zero-order valence-electron chi connectivity index (χ0n) is 10.0. The van der Waals surface area contributed by atoms with E-state index < -0.39 is 0 Å². The Hall–Kier alpha value is -0.0600. The fraction of sp³-hybridized carbons (Fsp3) is 0.750. The molecule has 1 N–H and O–H groups in total. The van der Waals surface area contributed by atoms with Gasteiger partial charge in [0.2, 0.25) is 0 Å². The topological polar surface area (TPSA) is 24.9 Å². The zero-order chi connectivity index (χ0) is 11.4. The largest absolute Gasteiger partial charge is 0.305 e. The number of thiazole rings is 1. The molecule has 2 nitrogen and oxygen atoms in total. The summed E-state index contributed by atoms with van der Waals surface area (Å²) in [5.74, 6) is 2.45. The summed E-state index contributed by atoms with van der Waals surface area (Å²) in [5, 5.41) is 7.15. The molecule has 1 heterocycles. The molecule has 0 aliphatic heterocycles. The highest BCUT2D eigenvalue weighted by molar-refractivity contribution is 7.99. The van der Waals surface area contributed by atoms with E-state index in [1.165, 1.54) is 35.8 Å². The summed E-state index contributed by atoms with van der Waals surface area (Å²) in [6.07, 6.45) is 3.91. The summed E-state index contributed by atoms with van der Waals surface area (Å²) >= 11 is 3.82. The van der Waals surface area contributed by atoms with Crippen LogP contribution in [0.4, 0.5) is 0 Å². The third-order valence-corrected chi connectivity index (χ3v) is 4.71. The molecular formula is C12H20N2S2. The number of hydrogen-bond acceptors (Lipinski definition) is 4. The van der Waals surface area contributed by atoms with Gasteiger partial charge >= 0.3 is 0 Å². The second kappa shape index (κ2) is 6.03. The Morgan fingerprint density at radius 1 is 1.62 bits per heavy atom. The third kappa shape index (κ3) is 3.75. The van der Waals surface area contributed by atoms with E-state index in [1.807, 2.05) is 11.8 Å². The lowest BCUT2D eigenvalue weighted by Gasteiger charge is -2.15. The predicted octanol–water partition coefficient (Wildman–Crippen LogP) is 3.39. The summed E-state index contributed by atoms with van der Waals surface area (Å²) in [6.45, 7) is 4.30. The first-order valence-electron chi connectivity index (χ1n) is 6.05. The minimum Gasteiger partial charge on any atom is -0.305 e. The highest BCUT2D eigenvalue weighted by atomic mass is 32.2. The lowest BCUT2D eigenvalue weighted by atomic mass is 10.2. The van der Waals surface area contributed by atoms with E-state index in [0.29, 0.717) is 6.04 Å². The predicted molar refractivity (Wildman–Crippen MR) is 73.4 cm³/mol. The molecule has 0 aromatic carbocycles. The molecule has 1 atom stereocenters. The van der Waals surface area contributed by atoms with Gasteiger partial charge in [-0.1, -0.05) is 6.92 Å². The van der Waals surface area contributed by atoms with Crippen molar-refractivity contribution in [3.63, 3.8) is 0 Å². The van der Waals surface area contributed by atoms with E-state index in [9.17, 15) is 0 Å². The SMILES string of the molecule is CCSCCC(NC1CC1)c1nc(C)cs1. The van der Waals surface area contributed by atoms with Crippen LogP contribution < -0.4 is 5.32 Å². The number of rotatable bonds is 7. The van der Waals surface area contributed by atoms with Crippen LogP contribution in [-0.2, 0) is 0 Å². The lowest BCUT2D eigenvalue weighted by molar-refractivity contribution is 0.516. The Bertz CT molecular complexity index is 321. The van der Waals surface area contributed by atoms with E-state index in [4.69, 9.17) is 0 Å². The Morgan fingerprint density at radius 3 is 3.00 bits per heavy atom. The van der Waals surface area contributed by atoms with Crippen molar-refractivity contribution in [2.24, 2.45) is 0 Å². The third-order valence-electron chi connectivity index (χ3n) is 2.70. The Balaban J connectivity index is 1.90. The van der Waals surface area contributed by atoms with Gasteiger partial charge in [0.1, 0.15) is 5.01 Å². The number of aryl methyl sites for hydroxylation is 1. The summed E-state index contributed by atoms with van der Waals surface area (Å²) in [4.78, 5) is 4.62. The second-order valence-corrected chi connectivity index (χ2v) is 6.59. The van der Waals surface area contributed by atoms with E-state index in [-0.39, 0.29) is 0 Å². The minimum atomic E-state index is 0.491. The first kappa shape index (κ1) is 12.4. The fourth-order valence-corrected chi connectivity index (χ4v) is 3.27. The molecule has 1 fully saturated rings. The van der Waals surface area contributed by atoms with Crippen molar-refractivity contribution in [2.45, 2.75) is 45.2 Å². The van der Waals surface area contributed by atoms with E-state index in [0.717, 1.165) is 11.7 Å². The van der Waals surface area contributed by atoms with Gasteiger partial charge < -0.3 is 5.32 Å². The number of nitrogens with zero attached hydrogens (tertiary/aromatic N) is 1. The molecule has 1 aliphatic rings. The summed E-state index contributed by atoms with van der Waals surface area (Å²) in [6, 6.07) is 1.26. The average molecular weight is 256 g/mol. The van der Waals surface area contributed by atoms with Crippen molar-refractivity contribution in [2.75, 3.05) is 11.5 Å². The monoisotopic (exact) mass is 256 g/mol. The molecule has 90 valence electrons. The molecule has 0 bridgehead atoms. The minimum absolute atomic E-state index is 0.491. The van der Waals surface area contributed by atoms with Crippen molar-refractivity contribution in [3.8, 4) is 0 Å².